The average molecular weight is 843 g/mol. The molecular weight excluding hydrogens is 789 g/mol. The molecule has 2 fully saturated rings. The molecule has 326 valence electrons. The summed E-state index contributed by atoms with van der Waals surface area (Å²) in [5, 5.41) is 0. The first kappa shape index (κ1) is 45.5. The maximum Gasteiger partial charge on any atom is 0.303 e. The molecule has 14 heteroatoms. The summed E-state index contributed by atoms with van der Waals surface area (Å²) in [6.07, 6.45) is -11.0. The molecular formula is C47H54O14. The first-order chi connectivity index (χ1) is 29.7. The van der Waals surface area contributed by atoms with E-state index in [1.54, 1.807) is 0 Å². The van der Waals surface area contributed by atoms with E-state index in [1.165, 1.54) is 27.9 Å². The number of carbonyl (C=O) groups excluding carboxylic acids is 3. The van der Waals surface area contributed by atoms with Crippen LogP contribution in [0.1, 0.15) is 43.0 Å². The standard InChI is InChI=1S/C47H54O14/c1-31(48)53-30-39-41(57-32(2)49)43(58-33(3)50)45(56-28-37-23-15-8-16-24-37)47(60-39)61-42-40(54-26-35-19-11-6-12-20-35)38(29-52-25-34-17-9-5-10-18-34)59-46(51-4)44(42)55-27-36-21-13-7-14-22-36/h5-24,38-47H,25-30H2,1-4H3/t38-,39-,40-,41-,42+,43+,44-,45-,46+,47-/m1/s1. The Balaban J connectivity index is 1.41. The van der Waals surface area contributed by atoms with Gasteiger partial charge in [0, 0.05) is 27.9 Å². The molecule has 0 aliphatic carbocycles. The molecule has 0 aromatic heterocycles. The van der Waals surface area contributed by atoms with Crippen LogP contribution in [0.2, 0.25) is 0 Å². The molecule has 10 atom stereocenters. The second-order valence-electron chi connectivity index (χ2n) is 14.7. The summed E-state index contributed by atoms with van der Waals surface area (Å²) in [5.41, 5.74) is 3.53. The number of ether oxygens (including phenoxy) is 11. The highest BCUT2D eigenvalue weighted by molar-refractivity contribution is 5.68. The zero-order chi connectivity index (χ0) is 43.0. The SMILES string of the molecule is CO[C@H]1O[C@H](COCc2ccccc2)[C@@H](OCc2ccccc2)[C@H](O[C@H]2O[C@H](COC(C)=O)[C@@H](OC(C)=O)[C@H](OC(C)=O)[C@H]2OCc2ccccc2)[C@H]1OCc1ccccc1. The van der Waals surface area contributed by atoms with Crippen LogP contribution in [0.25, 0.3) is 0 Å². The van der Waals surface area contributed by atoms with Crippen molar-refractivity contribution >= 4 is 17.9 Å². The Labute approximate surface area is 356 Å². The number of benzene rings is 4. The lowest BCUT2D eigenvalue weighted by Crippen LogP contribution is -2.67. The highest BCUT2D eigenvalue weighted by atomic mass is 16.8. The van der Waals surface area contributed by atoms with Gasteiger partial charge in [-0.1, -0.05) is 121 Å². The van der Waals surface area contributed by atoms with Crippen LogP contribution >= 0.6 is 0 Å². The third kappa shape index (κ3) is 13.5. The van der Waals surface area contributed by atoms with E-state index in [-0.39, 0.29) is 33.0 Å². The summed E-state index contributed by atoms with van der Waals surface area (Å²) in [7, 11) is 1.51. The van der Waals surface area contributed by atoms with Gasteiger partial charge in [-0.05, 0) is 22.3 Å². The maximum atomic E-state index is 12.8. The zero-order valence-corrected chi connectivity index (χ0v) is 34.8. The van der Waals surface area contributed by atoms with Crippen molar-refractivity contribution in [3.05, 3.63) is 144 Å². The second kappa shape index (κ2) is 23.3. The predicted molar refractivity (Wildman–Crippen MR) is 218 cm³/mol. The number of hydrogen-bond donors (Lipinski definition) is 0. The van der Waals surface area contributed by atoms with Crippen molar-refractivity contribution in [3.63, 3.8) is 0 Å². The van der Waals surface area contributed by atoms with E-state index in [1.807, 2.05) is 121 Å². The number of carbonyl (C=O) groups is 3. The van der Waals surface area contributed by atoms with Crippen molar-refractivity contribution < 1.29 is 66.5 Å². The smallest absolute Gasteiger partial charge is 0.303 e. The van der Waals surface area contributed by atoms with Crippen molar-refractivity contribution in [2.24, 2.45) is 0 Å². The molecule has 0 spiro atoms. The Kier molecular flexibility index (Phi) is 17.3. The van der Waals surface area contributed by atoms with E-state index in [4.69, 9.17) is 52.1 Å². The molecule has 6 rings (SSSR count). The van der Waals surface area contributed by atoms with Gasteiger partial charge in [-0.15, -0.1) is 0 Å². The van der Waals surface area contributed by atoms with E-state index in [9.17, 15) is 14.4 Å². The van der Waals surface area contributed by atoms with Crippen molar-refractivity contribution in [1.29, 1.82) is 0 Å². The van der Waals surface area contributed by atoms with Crippen LogP contribution in [0, 0.1) is 0 Å². The number of esters is 3. The Hall–Kier alpha value is -5.03. The fourth-order valence-corrected chi connectivity index (χ4v) is 7.21. The van der Waals surface area contributed by atoms with Crippen molar-refractivity contribution in [2.45, 2.75) is 109 Å². The van der Waals surface area contributed by atoms with Gasteiger partial charge in [0.15, 0.2) is 24.8 Å². The summed E-state index contributed by atoms with van der Waals surface area (Å²) < 4.78 is 69.6. The Morgan fingerprint density at radius 3 is 1.33 bits per heavy atom. The highest BCUT2D eigenvalue weighted by Crippen LogP contribution is 2.36. The van der Waals surface area contributed by atoms with Gasteiger partial charge in [-0.3, -0.25) is 14.4 Å². The van der Waals surface area contributed by atoms with Crippen LogP contribution in [0.3, 0.4) is 0 Å². The van der Waals surface area contributed by atoms with E-state index >= 15 is 0 Å². The molecule has 2 heterocycles. The zero-order valence-electron chi connectivity index (χ0n) is 34.8. The lowest BCUT2D eigenvalue weighted by atomic mass is 9.95. The third-order valence-corrected chi connectivity index (χ3v) is 10.0. The predicted octanol–water partition coefficient (Wildman–Crippen LogP) is 5.87. The number of rotatable bonds is 20. The van der Waals surface area contributed by atoms with Gasteiger partial charge in [0.05, 0.1) is 33.0 Å². The lowest BCUT2D eigenvalue weighted by molar-refractivity contribution is -0.372. The van der Waals surface area contributed by atoms with Crippen LogP contribution < -0.4 is 0 Å². The highest BCUT2D eigenvalue weighted by Gasteiger charge is 2.56. The van der Waals surface area contributed by atoms with Crippen LogP contribution in [0.15, 0.2) is 121 Å². The van der Waals surface area contributed by atoms with Crippen LogP contribution in [0.5, 0.6) is 0 Å². The average Bonchev–Trinajstić information content (AvgIpc) is 3.26. The topological polar surface area (TPSA) is 153 Å². The summed E-state index contributed by atoms with van der Waals surface area (Å²) in [5.74, 6) is -1.98. The molecule has 0 radical (unpaired) electrons. The fraction of sp³-hybridized carbons (Fsp3) is 0.426. The molecule has 0 unspecified atom stereocenters. The normalized spacial score (nSPS) is 26.2. The third-order valence-electron chi connectivity index (χ3n) is 10.0. The van der Waals surface area contributed by atoms with Crippen LogP contribution in [-0.2, 0) is 92.9 Å². The van der Waals surface area contributed by atoms with Gasteiger partial charge in [-0.25, -0.2) is 0 Å². The molecule has 2 saturated heterocycles. The van der Waals surface area contributed by atoms with Gasteiger partial charge in [-0.2, -0.15) is 0 Å². The number of hydrogen-bond acceptors (Lipinski definition) is 14. The monoisotopic (exact) mass is 842 g/mol. The quantitative estimate of drug-likeness (QED) is 0.0771. The minimum Gasteiger partial charge on any atom is -0.463 e. The van der Waals surface area contributed by atoms with Gasteiger partial charge in [0.1, 0.15) is 43.2 Å². The minimum atomic E-state index is -1.38. The molecule has 14 nitrogen and oxygen atoms in total. The van der Waals surface area contributed by atoms with Crippen LogP contribution in [-0.4, -0.2) is 99.6 Å². The first-order valence-corrected chi connectivity index (χ1v) is 20.2. The van der Waals surface area contributed by atoms with E-state index < -0.39 is 79.3 Å². The van der Waals surface area contributed by atoms with Gasteiger partial charge in [0.2, 0.25) is 0 Å². The van der Waals surface area contributed by atoms with E-state index in [2.05, 4.69) is 0 Å². The summed E-state index contributed by atoms with van der Waals surface area (Å²) >= 11 is 0. The Bertz CT molecular complexity index is 1920. The first-order valence-electron chi connectivity index (χ1n) is 20.2. The lowest BCUT2D eigenvalue weighted by Gasteiger charge is -2.49. The summed E-state index contributed by atoms with van der Waals surface area (Å²) in [6.45, 7) is 4.01. The molecule has 0 amide bonds. The molecule has 2 aliphatic heterocycles. The van der Waals surface area contributed by atoms with Crippen molar-refractivity contribution in [2.75, 3.05) is 20.3 Å². The molecule has 0 saturated carbocycles. The Morgan fingerprint density at radius 2 is 0.869 bits per heavy atom. The van der Waals surface area contributed by atoms with Crippen molar-refractivity contribution in [1.82, 2.24) is 0 Å². The summed E-state index contributed by atoms with van der Waals surface area (Å²) in [4.78, 5) is 37.6. The molecule has 61 heavy (non-hydrogen) atoms. The molecule has 4 aromatic rings. The van der Waals surface area contributed by atoms with E-state index in [0.29, 0.717) is 6.61 Å². The number of methoxy groups -OCH3 is 1. The molecule has 0 bridgehead atoms. The molecule has 0 N–H and O–H groups in total. The molecule has 2 aliphatic rings. The van der Waals surface area contributed by atoms with E-state index in [0.717, 1.165) is 22.3 Å². The summed E-state index contributed by atoms with van der Waals surface area (Å²) in [6, 6.07) is 38.3. The fourth-order valence-electron chi connectivity index (χ4n) is 7.21. The van der Waals surface area contributed by atoms with Gasteiger partial charge < -0.3 is 52.1 Å². The largest absolute Gasteiger partial charge is 0.463 e. The molecule has 4 aromatic carbocycles. The Morgan fingerprint density at radius 1 is 0.459 bits per heavy atom. The maximum absolute atomic E-state index is 12.8. The minimum absolute atomic E-state index is 0.0280. The van der Waals surface area contributed by atoms with Crippen molar-refractivity contribution in [3.8, 4) is 0 Å². The van der Waals surface area contributed by atoms with Gasteiger partial charge >= 0.3 is 17.9 Å². The van der Waals surface area contributed by atoms with Crippen LogP contribution in [0.4, 0.5) is 0 Å². The second-order valence-corrected chi connectivity index (χ2v) is 14.7. The van der Waals surface area contributed by atoms with Gasteiger partial charge in [0.25, 0.3) is 0 Å².